The Hall–Kier alpha value is -1.55. The van der Waals surface area contributed by atoms with Crippen LogP contribution in [0.3, 0.4) is 0 Å². The zero-order valence-corrected chi connectivity index (χ0v) is 10.9. The Morgan fingerprint density at radius 3 is 2.88 bits per heavy atom. The van der Waals surface area contributed by atoms with Crippen molar-refractivity contribution >= 4 is 21.7 Å². The number of carbonyl (C=O) groups excluding carboxylic acids is 1. The summed E-state index contributed by atoms with van der Waals surface area (Å²) in [5.41, 5.74) is 1.44. The van der Waals surface area contributed by atoms with Crippen molar-refractivity contribution in [3.63, 3.8) is 0 Å². The highest BCUT2D eigenvalue weighted by Gasteiger charge is 2.13. The average Bonchev–Trinajstić information content (AvgIpc) is 2.81. The quantitative estimate of drug-likeness (QED) is 0.811. The predicted octanol–water partition coefficient (Wildman–Crippen LogP) is 3.48. The largest absolute Gasteiger partial charge is 0.496 e. The summed E-state index contributed by atoms with van der Waals surface area (Å²) in [6, 6.07) is 7.14. The average molecular weight is 295 g/mol. The lowest BCUT2D eigenvalue weighted by molar-refractivity contribution is 0.0990. The first-order valence-electron chi connectivity index (χ1n) is 5.08. The Morgan fingerprint density at radius 1 is 1.41 bits per heavy atom. The van der Waals surface area contributed by atoms with E-state index in [-0.39, 0.29) is 5.78 Å². The minimum Gasteiger partial charge on any atom is -0.496 e. The van der Waals surface area contributed by atoms with Gasteiger partial charge in [0.15, 0.2) is 5.78 Å². The summed E-state index contributed by atoms with van der Waals surface area (Å²) < 4.78 is 11.0. The van der Waals surface area contributed by atoms with Crippen molar-refractivity contribution in [1.82, 2.24) is 0 Å². The number of rotatable bonds is 4. The number of carbonyl (C=O) groups is 1. The molecule has 3 nitrogen and oxygen atoms in total. The van der Waals surface area contributed by atoms with E-state index in [0.29, 0.717) is 17.7 Å². The summed E-state index contributed by atoms with van der Waals surface area (Å²) >= 11 is 3.34. The first-order valence-corrected chi connectivity index (χ1v) is 5.88. The molecule has 1 aromatic heterocycles. The molecule has 0 unspecified atom stereocenters. The summed E-state index contributed by atoms with van der Waals surface area (Å²) in [6.45, 7) is 0. The van der Waals surface area contributed by atoms with Crippen molar-refractivity contribution in [2.24, 2.45) is 0 Å². The number of ether oxygens (including phenoxy) is 1. The molecule has 0 aliphatic carbocycles. The van der Waals surface area contributed by atoms with Gasteiger partial charge in [0.2, 0.25) is 0 Å². The van der Waals surface area contributed by atoms with Gasteiger partial charge >= 0.3 is 0 Å². The SMILES string of the molecule is COc1cc(Br)ccc1C(=O)Cc1ccoc1. The van der Waals surface area contributed by atoms with Gasteiger partial charge in [-0.15, -0.1) is 0 Å². The molecular formula is C13H11BrO3. The van der Waals surface area contributed by atoms with Crippen LogP contribution in [-0.4, -0.2) is 12.9 Å². The first kappa shape index (κ1) is 11.9. The summed E-state index contributed by atoms with van der Waals surface area (Å²) in [7, 11) is 1.55. The molecule has 0 aliphatic heterocycles. The second-order valence-electron chi connectivity index (χ2n) is 3.58. The highest BCUT2D eigenvalue weighted by atomic mass is 79.9. The summed E-state index contributed by atoms with van der Waals surface area (Å²) in [5, 5.41) is 0. The lowest BCUT2D eigenvalue weighted by Crippen LogP contribution is -2.05. The molecule has 0 fully saturated rings. The van der Waals surface area contributed by atoms with E-state index in [1.807, 2.05) is 6.07 Å². The normalized spacial score (nSPS) is 10.2. The van der Waals surface area contributed by atoms with Gasteiger partial charge in [-0.3, -0.25) is 4.79 Å². The van der Waals surface area contributed by atoms with Crippen LogP contribution in [0.5, 0.6) is 5.75 Å². The molecule has 0 bridgehead atoms. The Labute approximate surface area is 108 Å². The number of benzene rings is 1. The molecule has 2 rings (SSSR count). The number of furan rings is 1. The maximum Gasteiger partial charge on any atom is 0.171 e. The number of Topliss-reactive ketones (excluding diaryl/α,β-unsaturated/α-hetero) is 1. The van der Waals surface area contributed by atoms with E-state index in [9.17, 15) is 4.79 Å². The number of halogens is 1. The molecule has 1 heterocycles. The Morgan fingerprint density at radius 2 is 2.24 bits per heavy atom. The van der Waals surface area contributed by atoms with Crippen LogP contribution < -0.4 is 4.74 Å². The zero-order chi connectivity index (χ0) is 12.3. The number of hydrogen-bond donors (Lipinski definition) is 0. The van der Waals surface area contributed by atoms with Crippen molar-refractivity contribution in [3.05, 3.63) is 52.4 Å². The third kappa shape index (κ3) is 2.77. The van der Waals surface area contributed by atoms with Crippen LogP contribution in [-0.2, 0) is 6.42 Å². The number of hydrogen-bond acceptors (Lipinski definition) is 3. The summed E-state index contributed by atoms with van der Waals surface area (Å²) in [6.07, 6.45) is 3.44. The molecule has 0 saturated heterocycles. The number of methoxy groups -OCH3 is 1. The molecule has 0 spiro atoms. The topological polar surface area (TPSA) is 39.4 Å². The van der Waals surface area contributed by atoms with Crippen molar-refractivity contribution in [2.45, 2.75) is 6.42 Å². The fourth-order valence-electron chi connectivity index (χ4n) is 1.57. The second-order valence-corrected chi connectivity index (χ2v) is 4.49. The summed E-state index contributed by atoms with van der Waals surface area (Å²) in [5.74, 6) is 0.587. The van der Waals surface area contributed by atoms with Crippen LogP contribution >= 0.6 is 15.9 Å². The molecule has 17 heavy (non-hydrogen) atoms. The van der Waals surface area contributed by atoms with Crippen LogP contribution in [0, 0.1) is 0 Å². The van der Waals surface area contributed by atoms with Gasteiger partial charge < -0.3 is 9.15 Å². The van der Waals surface area contributed by atoms with Crippen LogP contribution in [0.4, 0.5) is 0 Å². The van der Waals surface area contributed by atoms with Gasteiger partial charge in [-0.2, -0.15) is 0 Å². The Bertz CT molecular complexity index is 517. The van der Waals surface area contributed by atoms with Gasteiger partial charge in [0.25, 0.3) is 0 Å². The maximum atomic E-state index is 12.1. The molecule has 88 valence electrons. The summed E-state index contributed by atoms with van der Waals surface area (Å²) in [4.78, 5) is 12.1. The first-order chi connectivity index (χ1) is 8.20. The van der Waals surface area contributed by atoms with Gasteiger partial charge in [-0.1, -0.05) is 15.9 Å². The second kappa shape index (κ2) is 5.19. The third-order valence-electron chi connectivity index (χ3n) is 2.41. The van der Waals surface area contributed by atoms with Gasteiger partial charge in [0, 0.05) is 10.9 Å². The van der Waals surface area contributed by atoms with Crippen LogP contribution in [0.25, 0.3) is 0 Å². The molecule has 1 aromatic carbocycles. The minimum atomic E-state index is 0.00995. The van der Waals surface area contributed by atoms with Crippen molar-refractivity contribution in [2.75, 3.05) is 7.11 Å². The molecule has 0 amide bonds. The fourth-order valence-corrected chi connectivity index (χ4v) is 1.91. The molecule has 4 heteroatoms. The molecule has 0 radical (unpaired) electrons. The van der Waals surface area contributed by atoms with Crippen molar-refractivity contribution < 1.29 is 13.9 Å². The highest BCUT2D eigenvalue weighted by molar-refractivity contribution is 9.10. The molecule has 0 atom stereocenters. The van der Waals surface area contributed by atoms with Gasteiger partial charge in [-0.05, 0) is 29.8 Å². The van der Waals surface area contributed by atoms with Crippen molar-refractivity contribution in [1.29, 1.82) is 0 Å². The van der Waals surface area contributed by atoms with E-state index in [2.05, 4.69) is 15.9 Å². The fraction of sp³-hybridized carbons (Fsp3) is 0.154. The van der Waals surface area contributed by atoms with E-state index in [1.54, 1.807) is 37.8 Å². The van der Waals surface area contributed by atoms with Gasteiger partial charge in [-0.25, -0.2) is 0 Å². The van der Waals surface area contributed by atoms with Crippen LogP contribution in [0.15, 0.2) is 45.7 Å². The van der Waals surface area contributed by atoms with E-state index in [0.717, 1.165) is 10.0 Å². The van der Waals surface area contributed by atoms with Crippen LogP contribution in [0.1, 0.15) is 15.9 Å². The van der Waals surface area contributed by atoms with E-state index >= 15 is 0 Å². The molecule has 0 N–H and O–H groups in total. The molecular weight excluding hydrogens is 284 g/mol. The van der Waals surface area contributed by atoms with Gasteiger partial charge in [0.05, 0.1) is 25.2 Å². The molecule has 0 saturated carbocycles. The zero-order valence-electron chi connectivity index (χ0n) is 9.27. The Balaban J connectivity index is 2.24. The third-order valence-corrected chi connectivity index (χ3v) is 2.90. The van der Waals surface area contributed by atoms with E-state index in [4.69, 9.17) is 9.15 Å². The Kier molecular flexibility index (Phi) is 3.64. The van der Waals surface area contributed by atoms with Crippen LogP contribution in [0.2, 0.25) is 0 Å². The molecule has 0 aliphatic rings. The lowest BCUT2D eigenvalue weighted by Gasteiger charge is -2.07. The number of ketones is 1. The predicted molar refractivity (Wildman–Crippen MR) is 67.4 cm³/mol. The van der Waals surface area contributed by atoms with E-state index < -0.39 is 0 Å². The minimum absolute atomic E-state index is 0.00995. The standard InChI is InChI=1S/C13H11BrO3/c1-16-13-7-10(14)2-3-11(13)12(15)6-9-4-5-17-8-9/h2-5,7-8H,6H2,1H3. The lowest BCUT2D eigenvalue weighted by atomic mass is 10.0. The maximum absolute atomic E-state index is 12.1. The smallest absolute Gasteiger partial charge is 0.171 e. The highest BCUT2D eigenvalue weighted by Crippen LogP contribution is 2.24. The monoisotopic (exact) mass is 294 g/mol. The van der Waals surface area contributed by atoms with Crippen molar-refractivity contribution in [3.8, 4) is 5.75 Å². The molecule has 2 aromatic rings. The van der Waals surface area contributed by atoms with E-state index in [1.165, 1.54) is 0 Å². The van der Waals surface area contributed by atoms with Gasteiger partial charge in [0.1, 0.15) is 5.75 Å².